The Morgan fingerprint density at radius 2 is 2.06 bits per heavy atom. The molecular formula is C9H9F2N3O2. The van der Waals surface area contributed by atoms with Crippen LogP contribution >= 0.6 is 0 Å². The van der Waals surface area contributed by atoms with Crippen molar-refractivity contribution in [2.45, 2.75) is 5.92 Å². The van der Waals surface area contributed by atoms with Crippen molar-refractivity contribution in [3.63, 3.8) is 0 Å². The van der Waals surface area contributed by atoms with Crippen molar-refractivity contribution in [3.8, 4) is 0 Å². The first-order valence-corrected chi connectivity index (χ1v) is 4.60. The zero-order chi connectivity index (χ0) is 11.9. The van der Waals surface area contributed by atoms with Crippen molar-refractivity contribution in [3.05, 3.63) is 28.2 Å². The molecule has 0 saturated carbocycles. The number of carbonyl (C=O) groups is 1. The molecule has 0 spiro atoms. The normalized spacial score (nSPS) is 18.1. The van der Waals surface area contributed by atoms with E-state index in [0.29, 0.717) is 0 Å². The molecule has 86 valence electrons. The first-order valence-electron chi connectivity index (χ1n) is 4.60. The molecule has 1 aliphatic rings. The molecular weight excluding hydrogens is 220 g/mol. The molecule has 0 atom stereocenters. The molecule has 2 heterocycles. The van der Waals surface area contributed by atoms with Gasteiger partial charge in [-0.3, -0.25) is 9.59 Å². The van der Waals surface area contributed by atoms with Crippen molar-refractivity contribution in [1.29, 1.82) is 0 Å². The van der Waals surface area contributed by atoms with Crippen molar-refractivity contribution >= 4 is 5.91 Å². The lowest BCUT2D eigenvalue weighted by Crippen LogP contribution is -2.58. The predicted octanol–water partition coefficient (Wildman–Crippen LogP) is -0.129. The Morgan fingerprint density at radius 1 is 1.44 bits per heavy atom. The number of amides is 1. The second-order valence-electron chi connectivity index (χ2n) is 3.70. The van der Waals surface area contributed by atoms with E-state index in [2.05, 4.69) is 5.10 Å². The van der Waals surface area contributed by atoms with E-state index in [4.69, 9.17) is 0 Å². The van der Waals surface area contributed by atoms with Gasteiger partial charge in [-0.1, -0.05) is 0 Å². The van der Waals surface area contributed by atoms with E-state index in [1.165, 1.54) is 19.2 Å². The van der Waals surface area contributed by atoms with E-state index in [1.807, 2.05) is 0 Å². The molecule has 16 heavy (non-hydrogen) atoms. The van der Waals surface area contributed by atoms with Crippen LogP contribution in [0.3, 0.4) is 0 Å². The highest BCUT2D eigenvalue weighted by Gasteiger charge is 2.46. The number of likely N-dealkylation sites (tertiary alicyclic amines) is 1. The molecule has 0 radical (unpaired) electrons. The summed E-state index contributed by atoms with van der Waals surface area (Å²) in [5.74, 6) is -3.38. The minimum Gasteiger partial charge on any atom is -0.325 e. The van der Waals surface area contributed by atoms with Gasteiger partial charge < -0.3 is 4.90 Å². The molecule has 0 N–H and O–H groups in total. The number of alkyl halides is 2. The largest absolute Gasteiger partial charge is 0.325 e. The van der Waals surface area contributed by atoms with Crippen LogP contribution in [0.5, 0.6) is 0 Å². The topological polar surface area (TPSA) is 55.2 Å². The first kappa shape index (κ1) is 10.7. The van der Waals surface area contributed by atoms with Crippen molar-refractivity contribution in [2.24, 2.45) is 7.05 Å². The van der Waals surface area contributed by atoms with Gasteiger partial charge in [0, 0.05) is 13.1 Å². The predicted molar refractivity (Wildman–Crippen MR) is 50.3 cm³/mol. The third-order valence-electron chi connectivity index (χ3n) is 2.31. The second-order valence-corrected chi connectivity index (χ2v) is 3.70. The zero-order valence-electron chi connectivity index (χ0n) is 8.48. The number of hydrogen-bond acceptors (Lipinski definition) is 3. The monoisotopic (exact) mass is 229 g/mol. The molecule has 7 heteroatoms. The van der Waals surface area contributed by atoms with Crippen molar-refractivity contribution < 1.29 is 13.6 Å². The Kier molecular flexibility index (Phi) is 2.25. The van der Waals surface area contributed by atoms with Gasteiger partial charge in [-0.25, -0.2) is 13.5 Å². The number of aromatic nitrogens is 2. The van der Waals surface area contributed by atoms with Gasteiger partial charge in [-0.2, -0.15) is 5.10 Å². The molecule has 1 aromatic rings. The third-order valence-corrected chi connectivity index (χ3v) is 2.31. The maximum Gasteiger partial charge on any atom is 0.282 e. The van der Waals surface area contributed by atoms with Gasteiger partial charge in [0.1, 0.15) is 5.69 Å². The van der Waals surface area contributed by atoms with Gasteiger partial charge in [0.05, 0.1) is 13.1 Å². The molecule has 0 aliphatic carbocycles. The molecule has 1 saturated heterocycles. The SMILES string of the molecule is Cn1nc(C(=O)N2CC(F)(F)C2)ccc1=O. The molecule has 0 unspecified atom stereocenters. The Labute approximate surface area is 89.3 Å². The van der Waals surface area contributed by atoms with Crippen LogP contribution in [0.1, 0.15) is 10.5 Å². The van der Waals surface area contributed by atoms with E-state index in [9.17, 15) is 18.4 Å². The average Bonchev–Trinajstić information content (AvgIpc) is 2.17. The molecule has 1 amide bonds. The van der Waals surface area contributed by atoms with E-state index >= 15 is 0 Å². The number of halogens is 2. The highest BCUT2D eigenvalue weighted by Crippen LogP contribution is 2.27. The quantitative estimate of drug-likeness (QED) is 0.674. The lowest BCUT2D eigenvalue weighted by Gasteiger charge is -2.38. The van der Waals surface area contributed by atoms with E-state index in [0.717, 1.165) is 9.58 Å². The fourth-order valence-electron chi connectivity index (χ4n) is 1.43. The standard InChI is InChI=1S/C9H9F2N3O2/c1-13-7(15)3-2-6(12-13)8(16)14-4-9(10,11)5-14/h2-3H,4-5H2,1H3. The van der Waals surface area contributed by atoms with Gasteiger partial charge in [-0.15, -0.1) is 0 Å². The number of aryl methyl sites for hydroxylation is 1. The smallest absolute Gasteiger partial charge is 0.282 e. The Hall–Kier alpha value is -1.79. The lowest BCUT2D eigenvalue weighted by atomic mass is 10.1. The Bertz CT molecular complexity index is 490. The third kappa shape index (κ3) is 1.80. The highest BCUT2D eigenvalue weighted by molar-refractivity contribution is 5.92. The number of hydrogen-bond donors (Lipinski definition) is 0. The summed E-state index contributed by atoms with van der Waals surface area (Å²) in [5.41, 5.74) is -0.358. The maximum absolute atomic E-state index is 12.5. The van der Waals surface area contributed by atoms with Crippen LogP contribution in [-0.4, -0.2) is 39.6 Å². The fourth-order valence-corrected chi connectivity index (χ4v) is 1.43. The van der Waals surface area contributed by atoms with Crippen LogP contribution < -0.4 is 5.56 Å². The van der Waals surface area contributed by atoms with Gasteiger partial charge in [-0.05, 0) is 6.07 Å². The summed E-state index contributed by atoms with van der Waals surface area (Å²) in [4.78, 5) is 23.6. The van der Waals surface area contributed by atoms with Gasteiger partial charge in [0.2, 0.25) is 0 Å². The lowest BCUT2D eigenvalue weighted by molar-refractivity contribution is -0.113. The number of rotatable bonds is 1. The highest BCUT2D eigenvalue weighted by atomic mass is 19.3. The molecule has 1 aliphatic heterocycles. The molecule has 1 fully saturated rings. The van der Waals surface area contributed by atoms with Gasteiger partial charge in [0.15, 0.2) is 0 Å². The molecule has 5 nitrogen and oxygen atoms in total. The van der Waals surface area contributed by atoms with E-state index in [1.54, 1.807) is 0 Å². The summed E-state index contributed by atoms with van der Waals surface area (Å²) >= 11 is 0. The van der Waals surface area contributed by atoms with Crippen LogP contribution in [0.15, 0.2) is 16.9 Å². The summed E-state index contributed by atoms with van der Waals surface area (Å²) in [7, 11) is 1.39. The average molecular weight is 229 g/mol. The number of nitrogens with zero attached hydrogens (tertiary/aromatic N) is 3. The molecule has 2 rings (SSSR count). The molecule has 1 aromatic heterocycles. The molecule has 0 aromatic carbocycles. The summed E-state index contributed by atoms with van der Waals surface area (Å²) < 4.78 is 26.1. The Balaban J connectivity index is 2.17. The van der Waals surface area contributed by atoms with E-state index in [-0.39, 0.29) is 11.3 Å². The fraction of sp³-hybridized carbons (Fsp3) is 0.444. The second kappa shape index (κ2) is 3.36. The summed E-state index contributed by atoms with van der Waals surface area (Å²) in [5, 5.41) is 3.69. The van der Waals surface area contributed by atoms with Crippen LogP contribution in [0.4, 0.5) is 8.78 Å². The van der Waals surface area contributed by atoms with E-state index < -0.39 is 24.9 Å². The first-order chi connectivity index (χ1) is 7.39. The summed E-state index contributed by atoms with van der Waals surface area (Å²) in [6, 6.07) is 2.42. The van der Waals surface area contributed by atoms with Crippen LogP contribution in [0.2, 0.25) is 0 Å². The van der Waals surface area contributed by atoms with Crippen molar-refractivity contribution in [1.82, 2.24) is 14.7 Å². The maximum atomic E-state index is 12.5. The minimum absolute atomic E-state index is 0.00222. The number of carbonyl (C=O) groups excluding carboxylic acids is 1. The van der Waals surface area contributed by atoms with Crippen LogP contribution in [0, 0.1) is 0 Å². The van der Waals surface area contributed by atoms with Gasteiger partial charge >= 0.3 is 0 Å². The minimum atomic E-state index is -2.80. The molecule has 0 bridgehead atoms. The van der Waals surface area contributed by atoms with Crippen LogP contribution in [-0.2, 0) is 7.05 Å². The summed E-state index contributed by atoms with van der Waals surface area (Å²) in [6.07, 6.45) is 0. The summed E-state index contributed by atoms with van der Waals surface area (Å²) in [6.45, 7) is -1.17. The van der Waals surface area contributed by atoms with Crippen LogP contribution in [0.25, 0.3) is 0 Å². The zero-order valence-corrected chi connectivity index (χ0v) is 8.48. The Morgan fingerprint density at radius 3 is 2.56 bits per heavy atom. The van der Waals surface area contributed by atoms with Gasteiger partial charge in [0.25, 0.3) is 17.4 Å². The van der Waals surface area contributed by atoms with Crippen molar-refractivity contribution in [2.75, 3.05) is 13.1 Å².